The van der Waals surface area contributed by atoms with E-state index in [1.54, 1.807) is 7.11 Å². The third-order valence-electron chi connectivity index (χ3n) is 2.66. The number of halogens is 1. The minimum Gasteiger partial charge on any atom is -0.493 e. The van der Waals surface area contributed by atoms with E-state index < -0.39 is 6.10 Å². The van der Waals surface area contributed by atoms with E-state index >= 15 is 0 Å². The fraction of sp³-hybridized carbons (Fsp3) is 0.500. The Morgan fingerprint density at radius 1 is 1.53 bits per heavy atom. The van der Waals surface area contributed by atoms with E-state index in [-0.39, 0.29) is 12.6 Å². The number of ether oxygens (including phenoxy) is 2. The molecule has 1 atom stereocenters. The summed E-state index contributed by atoms with van der Waals surface area (Å²) in [6.45, 7) is 0.153. The van der Waals surface area contributed by atoms with Crippen LogP contribution < -0.4 is 15.2 Å². The highest BCUT2D eigenvalue weighted by Gasteiger charge is 2.28. The molecule has 1 aromatic rings. The molecule has 0 spiro atoms. The lowest BCUT2D eigenvalue weighted by Crippen LogP contribution is -2.14. The van der Waals surface area contributed by atoms with Crippen LogP contribution in [-0.4, -0.2) is 24.9 Å². The third kappa shape index (κ3) is 2.91. The Morgan fingerprint density at radius 2 is 2.24 bits per heavy atom. The molecule has 3 N–H and O–H groups in total. The van der Waals surface area contributed by atoms with E-state index in [4.69, 9.17) is 15.2 Å². The molecule has 1 unspecified atom stereocenters. The number of methoxy groups -OCH3 is 1. The Bertz CT molecular complexity index is 407. The van der Waals surface area contributed by atoms with Gasteiger partial charge >= 0.3 is 0 Å². The van der Waals surface area contributed by atoms with Gasteiger partial charge in [-0.25, -0.2) is 0 Å². The van der Waals surface area contributed by atoms with Crippen LogP contribution in [0.1, 0.15) is 24.5 Å². The molecule has 2 rings (SSSR count). The summed E-state index contributed by atoms with van der Waals surface area (Å²) in [5.74, 6) is 1.23. The Morgan fingerprint density at radius 3 is 2.76 bits per heavy atom. The summed E-state index contributed by atoms with van der Waals surface area (Å²) >= 11 is 3.38. The van der Waals surface area contributed by atoms with Crippen molar-refractivity contribution in [2.75, 3.05) is 13.7 Å². The lowest BCUT2D eigenvalue weighted by Gasteiger charge is -2.18. The molecule has 1 aliphatic rings. The summed E-state index contributed by atoms with van der Waals surface area (Å²) in [5, 5.41) is 9.91. The van der Waals surface area contributed by atoms with Gasteiger partial charge in [-0.3, -0.25) is 0 Å². The highest BCUT2D eigenvalue weighted by atomic mass is 79.9. The first-order valence-corrected chi connectivity index (χ1v) is 6.37. The van der Waals surface area contributed by atoms with Crippen molar-refractivity contribution in [3.05, 3.63) is 22.2 Å². The molecule has 0 amide bonds. The zero-order valence-electron chi connectivity index (χ0n) is 9.65. The highest BCUT2D eigenvalue weighted by Crippen LogP contribution is 2.41. The van der Waals surface area contributed by atoms with Crippen LogP contribution in [0.3, 0.4) is 0 Å². The number of hydrogen-bond donors (Lipinski definition) is 2. The van der Waals surface area contributed by atoms with Crippen molar-refractivity contribution < 1.29 is 14.6 Å². The maximum absolute atomic E-state index is 9.91. The standard InChI is InChI=1S/C12H16BrNO3/c1-16-11-5-7(13)4-9(10(15)6-14)12(11)17-8-2-3-8/h4-5,8,10,15H,2-3,6,14H2,1H3. The van der Waals surface area contributed by atoms with Crippen molar-refractivity contribution in [1.29, 1.82) is 0 Å². The molecule has 94 valence electrons. The minimum absolute atomic E-state index is 0.153. The average Bonchev–Trinajstić information content (AvgIpc) is 3.13. The Labute approximate surface area is 109 Å². The van der Waals surface area contributed by atoms with Crippen LogP contribution in [0.2, 0.25) is 0 Å². The second-order valence-electron chi connectivity index (χ2n) is 4.10. The lowest BCUT2D eigenvalue weighted by atomic mass is 10.1. The lowest BCUT2D eigenvalue weighted by molar-refractivity contribution is 0.176. The molecule has 1 aromatic carbocycles. The molecule has 1 fully saturated rings. The Kier molecular flexibility index (Phi) is 3.91. The van der Waals surface area contributed by atoms with Crippen molar-refractivity contribution in [3.8, 4) is 11.5 Å². The molecule has 1 aliphatic carbocycles. The van der Waals surface area contributed by atoms with Crippen LogP contribution in [0.4, 0.5) is 0 Å². The molecule has 5 heteroatoms. The van der Waals surface area contributed by atoms with Crippen LogP contribution in [0.5, 0.6) is 11.5 Å². The third-order valence-corrected chi connectivity index (χ3v) is 3.12. The van der Waals surface area contributed by atoms with E-state index in [1.807, 2.05) is 12.1 Å². The van der Waals surface area contributed by atoms with E-state index in [0.29, 0.717) is 17.1 Å². The number of rotatable bonds is 5. The average molecular weight is 302 g/mol. The molecular formula is C12H16BrNO3. The smallest absolute Gasteiger partial charge is 0.167 e. The number of nitrogens with two attached hydrogens (primary N) is 1. The van der Waals surface area contributed by atoms with Gasteiger partial charge in [-0.05, 0) is 25.0 Å². The van der Waals surface area contributed by atoms with Gasteiger partial charge in [0, 0.05) is 16.6 Å². The molecule has 4 nitrogen and oxygen atoms in total. The van der Waals surface area contributed by atoms with Gasteiger partial charge < -0.3 is 20.3 Å². The first-order chi connectivity index (χ1) is 8.15. The molecule has 1 saturated carbocycles. The van der Waals surface area contributed by atoms with Crippen LogP contribution in [0.15, 0.2) is 16.6 Å². The molecule has 0 aliphatic heterocycles. The van der Waals surface area contributed by atoms with Gasteiger partial charge in [0.25, 0.3) is 0 Å². The molecule has 0 heterocycles. The topological polar surface area (TPSA) is 64.7 Å². The van der Waals surface area contributed by atoms with Gasteiger partial charge in [-0.15, -0.1) is 0 Å². The van der Waals surface area contributed by atoms with Crippen LogP contribution >= 0.6 is 15.9 Å². The zero-order valence-corrected chi connectivity index (χ0v) is 11.2. The normalized spacial score (nSPS) is 16.7. The van der Waals surface area contributed by atoms with Crippen LogP contribution in [0, 0.1) is 0 Å². The first-order valence-electron chi connectivity index (χ1n) is 5.58. The van der Waals surface area contributed by atoms with Crippen molar-refractivity contribution in [3.63, 3.8) is 0 Å². The van der Waals surface area contributed by atoms with E-state index in [9.17, 15) is 5.11 Å². The summed E-state index contributed by atoms with van der Waals surface area (Å²) in [6.07, 6.45) is 1.61. The SMILES string of the molecule is COc1cc(Br)cc(C(O)CN)c1OC1CC1. The summed E-state index contributed by atoms with van der Waals surface area (Å²) in [5.41, 5.74) is 6.17. The molecular weight excluding hydrogens is 286 g/mol. The van der Waals surface area contributed by atoms with E-state index in [0.717, 1.165) is 17.3 Å². The Balaban J connectivity index is 2.40. The van der Waals surface area contributed by atoms with Crippen molar-refractivity contribution in [2.45, 2.75) is 25.0 Å². The molecule has 0 saturated heterocycles. The largest absolute Gasteiger partial charge is 0.493 e. The first kappa shape index (κ1) is 12.7. The van der Waals surface area contributed by atoms with Gasteiger partial charge in [0.15, 0.2) is 11.5 Å². The summed E-state index contributed by atoms with van der Waals surface area (Å²) < 4.78 is 11.9. The molecule has 0 bridgehead atoms. The fourth-order valence-corrected chi connectivity index (χ4v) is 2.05. The minimum atomic E-state index is -0.741. The van der Waals surface area contributed by atoms with Gasteiger partial charge in [-0.1, -0.05) is 15.9 Å². The monoisotopic (exact) mass is 301 g/mol. The summed E-state index contributed by atoms with van der Waals surface area (Å²) in [4.78, 5) is 0. The number of aliphatic hydroxyl groups is 1. The van der Waals surface area contributed by atoms with Crippen LogP contribution in [0.25, 0.3) is 0 Å². The number of aliphatic hydroxyl groups excluding tert-OH is 1. The van der Waals surface area contributed by atoms with Gasteiger partial charge in [0.1, 0.15) is 0 Å². The quantitative estimate of drug-likeness (QED) is 0.873. The van der Waals surface area contributed by atoms with Gasteiger partial charge in [0.2, 0.25) is 0 Å². The second kappa shape index (κ2) is 5.25. The number of benzene rings is 1. The van der Waals surface area contributed by atoms with E-state index in [2.05, 4.69) is 15.9 Å². The number of hydrogen-bond acceptors (Lipinski definition) is 4. The maximum atomic E-state index is 9.91. The predicted octanol–water partition coefficient (Wildman–Crippen LogP) is 1.99. The molecule has 0 radical (unpaired) electrons. The summed E-state index contributed by atoms with van der Waals surface area (Å²) in [7, 11) is 1.58. The second-order valence-corrected chi connectivity index (χ2v) is 5.01. The maximum Gasteiger partial charge on any atom is 0.167 e. The van der Waals surface area contributed by atoms with Crippen molar-refractivity contribution in [1.82, 2.24) is 0 Å². The Hall–Kier alpha value is -0.780. The van der Waals surface area contributed by atoms with Crippen LogP contribution in [-0.2, 0) is 0 Å². The zero-order chi connectivity index (χ0) is 12.4. The fourth-order valence-electron chi connectivity index (χ4n) is 1.59. The van der Waals surface area contributed by atoms with Crippen molar-refractivity contribution >= 4 is 15.9 Å². The predicted molar refractivity (Wildman–Crippen MR) is 68.4 cm³/mol. The highest BCUT2D eigenvalue weighted by molar-refractivity contribution is 9.10. The molecule has 17 heavy (non-hydrogen) atoms. The van der Waals surface area contributed by atoms with Gasteiger partial charge in [-0.2, -0.15) is 0 Å². The van der Waals surface area contributed by atoms with Crippen molar-refractivity contribution in [2.24, 2.45) is 5.73 Å². The molecule has 0 aromatic heterocycles. The van der Waals surface area contributed by atoms with Gasteiger partial charge in [0.05, 0.1) is 19.3 Å². The van der Waals surface area contributed by atoms with E-state index in [1.165, 1.54) is 0 Å². The summed E-state index contributed by atoms with van der Waals surface area (Å²) in [6, 6.07) is 3.64.